The molecule has 0 saturated heterocycles. The van der Waals surface area contributed by atoms with Gasteiger partial charge in [0.05, 0.1) is 23.9 Å². The fraction of sp³-hybridized carbons (Fsp3) is 0.174. The molecule has 1 amide bonds. The van der Waals surface area contributed by atoms with Crippen LogP contribution in [-0.4, -0.2) is 39.2 Å². The molecule has 2 aromatic carbocycles. The summed E-state index contributed by atoms with van der Waals surface area (Å²) in [5.74, 6) is -0.276. The van der Waals surface area contributed by atoms with E-state index < -0.39 is 22.5 Å². The number of carbonyl (C=O) groups excluding carboxylic acids is 1. The lowest BCUT2D eigenvalue weighted by atomic mass is 10.2. The van der Waals surface area contributed by atoms with Gasteiger partial charge in [-0.05, 0) is 49.7 Å². The third-order valence-electron chi connectivity index (χ3n) is 4.59. The molecule has 0 aliphatic carbocycles. The first-order chi connectivity index (χ1) is 15.3. The fourth-order valence-electron chi connectivity index (χ4n) is 2.93. The Hall–Kier alpha value is -3.72. The summed E-state index contributed by atoms with van der Waals surface area (Å²) in [7, 11) is -2.61. The number of ether oxygens (including phenoxy) is 1. The van der Waals surface area contributed by atoms with Crippen LogP contribution >= 0.6 is 0 Å². The first-order valence-corrected chi connectivity index (χ1v) is 11.2. The zero-order valence-corrected chi connectivity index (χ0v) is 18.8. The van der Waals surface area contributed by atoms with Crippen molar-refractivity contribution in [3.05, 3.63) is 83.7 Å². The topological polar surface area (TPSA) is 101 Å². The molecule has 3 aromatic rings. The second-order valence-electron chi connectivity index (χ2n) is 7.08. The number of hydrogen-bond donors (Lipinski definition) is 1. The number of rotatable bonds is 8. The van der Waals surface area contributed by atoms with E-state index in [1.807, 2.05) is 13.8 Å². The van der Waals surface area contributed by atoms with E-state index in [1.54, 1.807) is 54.9 Å². The number of nitrogens with zero attached hydrogens (tertiary/aromatic N) is 3. The quantitative estimate of drug-likeness (QED) is 0.418. The molecule has 3 rings (SSSR count). The van der Waals surface area contributed by atoms with Gasteiger partial charge in [0.15, 0.2) is 0 Å². The van der Waals surface area contributed by atoms with Crippen molar-refractivity contribution < 1.29 is 17.9 Å². The number of benzene rings is 2. The van der Waals surface area contributed by atoms with Crippen LogP contribution in [0.25, 0.3) is 0 Å². The lowest BCUT2D eigenvalue weighted by Gasteiger charge is -2.25. The number of hydrazone groups is 1. The van der Waals surface area contributed by atoms with Crippen molar-refractivity contribution in [3.8, 4) is 5.75 Å². The molecule has 0 fully saturated rings. The summed E-state index contributed by atoms with van der Waals surface area (Å²) in [6.07, 6.45) is 4.64. The minimum Gasteiger partial charge on any atom is -0.495 e. The Morgan fingerprint density at radius 1 is 1.12 bits per heavy atom. The number of aryl methyl sites for hydroxylation is 2. The van der Waals surface area contributed by atoms with E-state index in [0.717, 1.165) is 15.4 Å². The molecule has 1 heterocycles. The minimum absolute atomic E-state index is 0.0679. The second-order valence-corrected chi connectivity index (χ2v) is 8.94. The molecule has 32 heavy (non-hydrogen) atoms. The Morgan fingerprint density at radius 2 is 1.84 bits per heavy atom. The highest BCUT2D eigenvalue weighted by Gasteiger charge is 2.29. The number of amides is 1. The van der Waals surface area contributed by atoms with Crippen molar-refractivity contribution in [1.29, 1.82) is 0 Å². The van der Waals surface area contributed by atoms with Crippen molar-refractivity contribution in [2.45, 2.75) is 18.7 Å². The van der Waals surface area contributed by atoms with Crippen molar-refractivity contribution in [3.63, 3.8) is 0 Å². The summed E-state index contributed by atoms with van der Waals surface area (Å²) < 4.78 is 33.4. The monoisotopic (exact) mass is 452 g/mol. The standard InChI is InChI=1S/C23H24N4O4S/c1-17-6-9-20(10-7-17)32(29,30)27(21-13-18(2)8-11-22(21)31-3)16-23(28)26-25-15-19-5-4-12-24-14-19/h4-15H,16H2,1-3H3,(H,26,28)/b25-15+. The third-order valence-corrected chi connectivity index (χ3v) is 6.36. The van der Waals surface area contributed by atoms with E-state index in [2.05, 4.69) is 15.5 Å². The summed E-state index contributed by atoms with van der Waals surface area (Å²) in [5, 5.41) is 3.90. The van der Waals surface area contributed by atoms with Gasteiger partial charge >= 0.3 is 0 Å². The van der Waals surface area contributed by atoms with E-state index in [9.17, 15) is 13.2 Å². The normalized spacial score (nSPS) is 11.3. The summed E-state index contributed by atoms with van der Waals surface area (Å²) in [5.41, 5.74) is 5.07. The van der Waals surface area contributed by atoms with Gasteiger partial charge in [0, 0.05) is 18.0 Å². The van der Waals surface area contributed by atoms with Crippen LogP contribution in [0, 0.1) is 13.8 Å². The Bertz CT molecular complexity index is 1210. The number of anilines is 1. The number of methoxy groups -OCH3 is 1. The van der Waals surface area contributed by atoms with Gasteiger partial charge in [0.25, 0.3) is 15.9 Å². The van der Waals surface area contributed by atoms with Crippen LogP contribution in [0.2, 0.25) is 0 Å². The maximum Gasteiger partial charge on any atom is 0.264 e. The van der Waals surface area contributed by atoms with Gasteiger partial charge in [-0.1, -0.05) is 29.8 Å². The molecule has 166 valence electrons. The number of pyridine rings is 1. The summed E-state index contributed by atoms with van der Waals surface area (Å²) >= 11 is 0. The van der Waals surface area contributed by atoms with E-state index in [0.29, 0.717) is 11.3 Å². The lowest BCUT2D eigenvalue weighted by Crippen LogP contribution is -2.39. The van der Waals surface area contributed by atoms with Crippen LogP contribution in [0.4, 0.5) is 5.69 Å². The number of nitrogens with one attached hydrogen (secondary N) is 1. The average Bonchev–Trinajstić information content (AvgIpc) is 2.78. The highest BCUT2D eigenvalue weighted by atomic mass is 32.2. The molecule has 9 heteroatoms. The zero-order chi connectivity index (χ0) is 23.1. The van der Waals surface area contributed by atoms with Crippen LogP contribution in [-0.2, 0) is 14.8 Å². The van der Waals surface area contributed by atoms with E-state index in [-0.39, 0.29) is 10.6 Å². The lowest BCUT2D eigenvalue weighted by molar-refractivity contribution is -0.119. The van der Waals surface area contributed by atoms with Gasteiger partial charge in [0.1, 0.15) is 12.3 Å². The molecule has 0 spiro atoms. The van der Waals surface area contributed by atoms with Crippen molar-refractivity contribution in [1.82, 2.24) is 10.4 Å². The highest BCUT2D eigenvalue weighted by Crippen LogP contribution is 2.33. The van der Waals surface area contributed by atoms with Crippen LogP contribution in [0.1, 0.15) is 16.7 Å². The molecule has 8 nitrogen and oxygen atoms in total. The Morgan fingerprint density at radius 3 is 2.50 bits per heavy atom. The molecule has 0 atom stereocenters. The van der Waals surface area contributed by atoms with Crippen LogP contribution in [0.5, 0.6) is 5.75 Å². The van der Waals surface area contributed by atoms with Crippen molar-refractivity contribution in [2.75, 3.05) is 18.0 Å². The summed E-state index contributed by atoms with van der Waals surface area (Å²) in [6, 6.07) is 15.1. The Balaban J connectivity index is 1.94. The van der Waals surface area contributed by atoms with Gasteiger partial charge in [0.2, 0.25) is 0 Å². The van der Waals surface area contributed by atoms with Crippen LogP contribution < -0.4 is 14.5 Å². The molecule has 0 unspecified atom stereocenters. The number of sulfonamides is 1. The summed E-state index contributed by atoms with van der Waals surface area (Å²) in [4.78, 5) is 16.7. The predicted octanol–water partition coefficient (Wildman–Crippen LogP) is 3.05. The van der Waals surface area contributed by atoms with Gasteiger partial charge in [-0.2, -0.15) is 5.10 Å². The van der Waals surface area contributed by atoms with Gasteiger partial charge in [-0.25, -0.2) is 13.8 Å². The van der Waals surface area contributed by atoms with Crippen LogP contribution in [0.3, 0.4) is 0 Å². The van der Waals surface area contributed by atoms with Gasteiger partial charge in [-0.3, -0.25) is 14.1 Å². The Kier molecular flexibility index (Phi) is 7.21. The molecule has 0 aliphatic rings. The first-order valence-electron chi connectivity index (χ1n) is 9.77. The van der Waals surface area contributed by atoms with E-state index in [1.165, 1.54) is 25.5 Å². The zero-order valence-electron chi connectivity index (χ0n) is 18.0. The molecule has 0 radical (unpaired) electrons. The van der Waals surface area contributed by atoms with E-state index >= 15 is 0 Å². The third kappa shape index (κ3) is 5.50. The molecule has 0 aliphatic heterocycles. The number of aromatic nitrogens is 1. The van der Waals surface area contributed by atoms with E-state index in [4.69, 9.17) is 4.74 Å². The van der Waals surface area contributed by atoms with Crippen molar-refractivity contribution in [2.24, 2.45) is 5.10 Å². The summed E-state index contributed by atoms with van der Waals surface area (Å²) in [6.45, 7) is 3.21. The smallest absolute Gasteiger partial charge is 0.264 e. The number of hydrogen-bond acceptors (Lipinski definition) is 6. The van der Waals surface area contributed by atoms with Crippen molar-refractivity contribution >= 4 is 27.8 Å². The molecule has 1 aromatic heterocycles. The maximum atomic E-state index is 13.5. The Labute approximate surface area is 187 Å². The molecule has 0 bridgehead atoms. The highest BCUT2D eigenvalue weighted by molar-refractivity contribution is 7.92. The minimum atomic E-state index is -4.06. The predicted molar refractivity (Wildman–Crippen MR) is 123 cm³/mol. The molecule has 0 saturated carbocycles. The maximum absolute atomic E-state index is 13.5. The fourth-order valence-corrected chi connectivity index (χ4v) is 4.35. The number of carbonyl (C=O) groups is 1. The van der Waals surface area contributed by atoms with Gasteiger partial charge in [-0.15, -0.1) is 0 Å². The molecule has 1 N–H and O–H groups in total. The molecular formula is C23H24N4O4S. The van der Waals surface area contributed by atoms with Gasteiger partial charge < -0.3 is 4.74 Å². The largest absolute Gasteiger partial charge is 0.495 e. The van der Waals surface area contributed by atoms with Crippen LogP contribution in [0.15, 0.2) is 77.0 Å². The first kappa shape index (κ1) is 23.0. The second kappa shape index (κ2) is 10.1. The SMILES string of the molecule is COc1ccc(C)cc1N(CC(=O)N/N=C/c1cccnc1)S(=O)(=O)c1ccc(C)cc1. The average molecular weight is 453 g/mol. The molecular weight excluding hydrogens is 428 g/mol.